The molecule has 0 aromatic carbocycles. The van der Waals surface area contributed by atoms with Gasteiger partial charge in [0.2, 0.25) is 0 Å². The summed E-state index contributed by atoms with van der Waals surface area (Å²) in [6.07, 6.45) is 1.32. The molecule has 0 aliphatic rings. The van der Waals surface area contributed by atoms with Gasteiger partial charge in [0.15, 0.2) is 0 Å². The van der Waals surface area contributed by atoms with Gasteiger partial charge in [0.05, 0.1) is 27.7 Å². The van der Waals surface area contributed by atoms with Crippen LogP contribution in [0.25, 0.3) is 10.2 Å². The molecule has 0 unspecified atom stereocenters. The molecule has 2 aromatic heterocycles. The third-order valence-electron chi connectivity index (χ3n) is 3.89. The van der Waals surface area contributed by atoms with Crippen molar-refractivity contribution >= 4 is 27.5 Å². The van der Waals surface area contributed by atoms with Crippen molar-refractivity contribution in [2.24, 2.45) is 0 Å². The number of aliphatic hydroxyl groups is 1. The minimum absolute atomic E-state index is 0.255. The molecule has 0 aliphatic carbocycles. The molecule has 3 N–H and O–H groups in total. The SMILES string of the molecule is Cc1c(C(=O)NC(C)(C)C(C)(C)O)sc2nc[nH]c(=O)c12. The van der Waals surface area contributed by atoms with Crippen molar-refractivity contribution in [2.75, 3.05) is 0 Å². The van der Waals surface area contributed by atoms with Crippen molar-refractivity contribution in [1.29, 1.82) is 0 Å². The zero-order valence-corrected chi connectivity index (χ0v) is 13.5. The van der Waals surface area contributed by atoms with E-state index >= 15 is 0 Å². The number of amides is 1. The van der Waals surface area contributed by atoms with Crippen LogP contribution in [0, 0.1) is 6.92 Å². The summed E-state index contributed by atoms with van der Waals surface area (Å²) >= 11 is 1.17. The molecule has 2 rings (SSSR count). The van der Waals surface area contributed by atoms with Crippen LogP contribution in [0.4, 0.5) is 0 Å². The van der Waals surface area contributed by atoms with E-state index in [1.54, 1.807) is 34.6 Å². The fourth-order valence-corrected chi connectivity index (χ4v) is 2.83. The summed E-state index contributed by atoms with van der Waals surface area (Å²) in [6, 6.07) is 0. The molecule has 0 radical (unpaired) electrons. The largest absolute Gasteiger partial charge is 0.388 e. The third kappa shape index (κ3) is 2.71. The van der Waals surface area contributed by atoms with Gasteiger partial charge in [0, 0.05) is 0 Å². The first kappa shape index (κ1) is 15.7. The van der Waals surface area contributed by atoms with E-state index in [1.807, 2.05) is 0 Å². The quantitative estimate of drug-likeness (QED) is 0.802. The normalized spacial score (nSPS) is 12.7. The lowest BCUT2D eigenvalue weighted by atomic mass is 9.86. The summed E-state index contributed by atoms with van der Waals surface area (Å²) < 4.78 is 0. The van der Waals surface area contributed by atoms with Crippen LogP contribution in [0.2, 0.25) is 0 Å². The van der Waals surface area contributed by atoms with Gasteiger partial charge in [-0.05, 0) is 40.2 Å². The maximum atomic E-state index is 12.5. The predicted octanol–water partition coefficient (Wildman–Crippen LogP) is 1.57. The van der Waals surface area contributed by atoms with Gasteiger partial charge in [0.1, 0.15) is 4.83 Å². The van der Waals surface area contributed by atoms with E-state index in [0.717, 1.165) is 0 Å². The number of aromatic amines is 1. The molecule has 0 saturated carbocycles. The Morgan fingerprint density at radius 3 is 2.52 bits per heavy atom. The van der Waals surface area contributed by atoms with Gasteiger partial charge in [-0.15, -0.1) is 11.3 Å². The van der Waals surface area contributed by atoms with E-state index in [-0.39, 0.29) is 11.5 Å². The van der Waals surface area contributed by atoms with E-state index < -0.39 is 11.1 Å². The molecule has 21 heavy (non-hydrogen) atoms. The van der Waals surface area contributed by atoms with Crippen LogP contribution in [0.15, 0.2) is 11.1 Å². The van der Waals surface area contributed by atoms with E-state index in [4.69, 9.17) is 0 Å². The van der Waals surface area contributed by atoms with Crippen molar-refractivity contribution in [3.8, 4) is 0 Å². The molecule has 7 heteroatoms. The van der Waals surface area contributed by atoms with Gasteiger partial charge in [0.25, 0.3) is 11.5 Å². The number of carbonyl (C=O) groups is 1. The molecule has 0 saturated heterocycles. The number of aryl methyl sites for hydroxylation is 1. The second kappa shape index (κ2) is 4.92. The Labute approximate surface area is 126 Å². The van der Waals surface area contributed by atoms with Crippen molar-refractivity contribution in [3.05, 3.63) is 27.1 Å². The minimum atomic E-state index is -1.08. The number of fused-ring (bicyclic) bond motifs is 1. The molecule has 0 aliphatic heterocycles. The van der Waals surface area contributed by atoms with Crippen molar-refractivity contribution in [3.63, 3.8) is 0 Å². The molecular formula is C14H19N3O3S. The molecule has 6 nitrogen and oxygen atoms in total. The lowest BCUT2D eigenvalue weighted by molar-refractivity contribution is -0.00285. The molecular weight excluding hydrogens is 290 g/mol. The summed E-state index contributed by atoms with van der Waals surface area (Å²) in [7, 11) is 0. The molecule has 0 spiro atoms. The average molecular weight is 309 g/mol. The van der Waals surface area contributed by atoms with Crippen LogP contribution in [-0.2, 0) is 0 Å². The maximum absolute atomic E-state index is 12.5. The van der Waals surface area contributed by atoms with Gasteiger partial charge in [-0.3, -0.25) is 9.59 Å². The number of aromatic nitrogens is 2. The molecule has 1 amide bonds. The van der Waals surface area contributed by atoms with Crippen molar-refractivity contribution < 1.29 is 9.90 Å². The van der Waals surface area contributed by atoms with E-state index in [2.05, 4.69) is 15.3 Å². The first-order valence-corrected chi connectivity index (χ1v) is 7.38. The fraction of sp³-hybridized carbons (Fsp3) is 0.500. The Kier molecular flexibility index (Phi) is 3.67. The summed E-state index contributed by atoms with van der Waals surface area (Å²) in [5.74, 6) is -0.318. The van der Waals surface area contributed by atoms with E-state index in [1.165, 1.54) is 17.7 Å². The molecule has 114 valence electrons. The Morgan fingerprint density at radius 2 is 2.00 bits per heavy atom. The Balaban J connectivity index is 2.44. The number of carbonyl (C=O) groups excluding carboxylic acids is 1. The molecule has 2 aromatic rings. The topological polar surface area (TPSA) is 95.1 Å². The van der Waals surface area contributed by atoms with Crippen LogP contribution in [0.3, 0.4) is 0 Å². The van der Waals surface area contributed by atoms with Gasteiger partial charge in [-0.2, -0.15) is 0 Å². The van der Waals surface area contributed by atoms with Gasteiger partial charge >= 0.3 is 0 Å². The maximum Gasteiger partial charge on any atom is 0.262 e. The minimum Gasteiger partial charge on any atom is -0.388 e. The predicted molar refractivity (Wildman–Crippen MR) is 82.8 cm³/mol. The lowest BCUT2D eigenvalue weighted by Gasteiger charge is -2.37. The van der Waals surface area contributed by atoms with Crippen LogP contribution in [-0.4, -0.2) is 32.1 Å². The summed E-state index contributed by atoms with van der Waals surface area (Å²) in [5.41, 5.74) is -1.54. The van der Waals surface area contributed by atoms with Crippen molar-refractivity contribution in [2.45, 2.75) is 45.8 Å². The Bertz CT molecular complexity index is 753. The van der Waals surface area contributed by atoms with Gasteiger partial charge in [-0.25, -0.2) is 4.98 Å². The second-order valence-electron chi connectivity index (χ2n) is 6.11. The summed E-state index contributed by atoms with van der Waals surface area (Å²) in [5, 5.41) is 13.4. The number of hydrogen-bond acceptors (Lipinski definition) is 5. The van der Waals surface area contributed by atoms with Gasteiger partial charge < -0.3 is 15.4 Å². The Morgan fingerprint density at radius 1 is 1.38 bits per heavy atom. The average Bonchev–Trinajstić information content (AvgIpc) is 2.66. The number of hydrogen-bond donors (Lipinski definition) is 3. The molecule has 0 atom stereocenters. The first-order chi connectivity index (χ1) is 9.54. The highest BCUT2D eigenvalue weighted by Gasteiger charge is 2.37. The van der Waals surface area contributed by atoms with Crippen LogP contribution in [0.1, 0.15) is 42.9 Å². The van der Waals surface area contributed by atoms with Crippen LogP contribution >= 0.6 is 11.3 Å². The highest BCUT2D eigenvalue weighted by atomic mass is 32.1. The third-order valence-corrected chi connectivity index (χ3v) is 5.09. The zero-order valence-electron chi connectivity index (χ0n) is 12.7. The second-order valence-corrected chi connectivity index (χ2v) is 7.11. The number of nitrogens with one attached hydrogen (secondary N) is 2. The van der Waals surface area contributed by atoms with E-state index in [9.17, 15) is 14.7 Å². The molecule has 0 bridgehead atoms. The first-order valence-electron chi connectivity index (χ1n) is 6.56. The summed E-state index contributed by atoms with van der Waals surface area (Å²) in [6.45, 7) is 8.49. The van der Waals surface area contributed by atoms with Gasteiger partial charge in [-0.1, -0.05) is 0 Å². The number of nitrogens with zero attached hydrogens (tertiary/aromatic N) is 1. The number of H-pyrrole nitrogens is 1. The zero-order chi connectivity index (χ0) is 16.0. The summed E-state index contributed by atoms with van der Waals surface area (Å²) in [4.78, 5) is 31.8. The lowest BCUT2D eigenvalue weighted by Crippen LogP contribution is -2.57. The highest BCUT2D eigenvalue weighted by Crippen LogP contribution is 2.28. The van der Waals surface area contributed by atoms with Crippen molar-refractivity contribution in [1.82, 2.24) is 15.3 Å². The number of rotatable bonds is 3. The molecule has 2 heterocycles. The fourth-order valence-electron chi connectivity index (χ4n) is 1.79. The monoisotopic (exact) mass is 309 g/mol. The standard InChI is InChI=1S/C14H19N3O3S/c1-7-8-10(18)15-6-16-12(8)21-9(7)11(19)17-13(2,3)14(4,5)20/h6,20H,1-5H3,(H,17,19)(H,15,16,18). The molecule has 0 fully saturated rings. The number of thiophene rings is 1. The smallest absolute Gasteiger partial charge is 0.262 e. The van der Waals surface area contributed by atoms with E-state index in [0.29, 0.717) is 20.7 Å². The highest BCUT2D eigenvalue weighted by molar-refractivity contribution is 7.20. The van der Waals surface area contributed by atoms with Crippen LogP contribution < -0.4 is 10.9 Å². The Hall–Kier alpha value is -1.73. The van der Waals surface area contributed by atoms with Crippen LogP contribution in [0.5, 0.6) is 0 Å².